The number of likely N-dealkylation sites (tertiary alicyclic amines) is 1. The molecule has 1 aliphatic carbocycles. The Morgan fingerprint density at radius 3 is 2.45 bits per heavy atom. The molecule has 6 nitrogen and oxygen atoms in total. The first-order chi connectivity index (χ1) is 15.1. The first kappa shape index (κ1) is 20.7. The van der Waals surface area contributed by atoms with Crippen LogP contribution >= 0.6 is 11.6 Å². The van der Waals surface area contributed by atoms with E-state index in [1.165, 1.54) is 0 Å². The van der Waals surface area contributed by atoms with Crippen LogP contribution in [0.1, 0.15) is 44.6 Å². The number of halogens is 1. The first-order valence-corrected chi connectivity index (χ1v) is 11.6. The summed E-state index contributed by atoms with van der Waals surface area (Å²) in [5, 5.41) is 11.2. The third-order valence-corrected chi connectivity index (χ3v) is 6.92. The highest BCUT2D eigenvalue weighted by Crippen LogP contribution is 2.37. The van der Waals surface area contributed by atoms with Gasteiger partial charge in [0, 0.05) is 42.5 Å². The lowest BCUT2D eigenvalue weighted by Crippen LogP contribution is -2.35. The number of piperidine rings is 1. The summed E-state index contributed by atoms with van der Waals surface area (Å²) < 4.78 is 8.44. The van der Waals surface area contributed by atoms with Gasteiger partial charge in [0.05, 0.1) is 6.10 Å². The molecule has 0 atom stereocenters. The minimum absolute atomic E-state index is 0.187. The third kappa shape index (κ3) is 4.43. The average molecular weight is 441 g/mol. The van der Waals surface area contributed by atoms with Crippen LogP contribution in [0.5, 0.6) is 5.75 Å². The van der Waals surface area contributed by atoms with E-state index in [4.69, 9.17) is 16.3 Å². The topological polar surface area (TPSA) is 63.4 Å². The Bertz CT molecular complexity index is 1040. The van der Waals surface area contributed by atoms with Crippen LogP contribution in [0.15, 0.2) is 36.7 Å². The molecule has 31 heavy (non-hydrogen) atoms. The quantitative estimate of drug-likeness (QED) is 0.596. The van der Waals surface area contributed by atoms with Crippen LogP contribution in [0.2, 0.25) is 5.28 Å². The lowest BCUT2D eigenvalue weighted by molar-refractivity contribution is 0.111. The molecular weight excluding hydrogens is 412 g/mol. The molecule has 1 saturated carbocycles. The van der Waals surface area contributed by atoms with Gasteiger partial charge in [-0.1, -0.05) is 12.1 Å². The second kappa shape index (κ2) is 8.77. The zero-order valence-corrected chi connectivity index (χ0v) is 18.6. The predicted molar refractivity (Wildman–Crippen MR) is 123 cm³/mol. The molecule has 0 spiro atoms. The number of fused-ring (bicyclic) bond motifs is 1. The van der Waals surface area contributed by atoms with Crippen LogP contribution in [0.3, 0.4) is 0 Å². The van der Waals surface area contributed by atoms with Crippen LogP contribution in [0, 0.1) is 0 Å². The van der Waals surface area contributed by atoms with E-state index in [1.54, 1.807) is 0 Å². The molecule has 1 N–H and O–H groups in total. The van der Waals surface area contributed by atoms with Crippen LogP contribution < -0.4 is 4.74 Å². The Labute approximate surface area is 187 Å². The second-order valence-electron chi connectivity index (χ2n) is 8.93. The zero-order chi connectivity index (χ0) is 21.4. The summed E-state index contributed by atoms with van der Waals surface area (Å²) in [7, 11) is 2.16. The van der Waals surface area contributed by atoms with Gasteiger partial charge in [-0.05, 0) is 74.9 Å². The van der Waals surface area contributed by atoms with Gasteiger partial charge in [-0.3, -0.25) is 0 Å². The monoisotopic (exact) mass is 440 g/mol. The van der Waals surface area contributed by atoms with Crippen molar-refractivity contribution in [2.24, 2.45) is 0 Å². The minimum atomic E-state index is -0.187. The summed E-state index contributed by atoms with van der Waals surface area (Å²) >= 11 is 6.14. The van der Waals surface area contributed by atoms with Gasteiger partial charge in [0.1, 0.15) is 17.5 Å². The molecule has 0 radical (unpaired) electrons. The van der Waals surface area contributed by atoms with E-state index < -0.39 is 0 Å². The van der Waals surface area contributed by atoms with Gasteiger partial charge in [0.2, 0.25) is 5.28 Å². The molecule has 0 bridgehead atoms. The number of nitrogens with zero attached hydrogens (tertiary/aromatic N) is 4. The second-order valence-corrected chi connectivity index (χ2v) is 9.27. The van der Waals surface area contributed by atoms with Crippen LogP contribution in [-0.2, 0) is 0 Å². The normalized spacial score (nSPS) is 23.3. The van der Waals surface area contributed by atoms with Crippen molar-refractivity contribution in [2.45, 2.75) is 56.8 Å². The molecule has 2 fully saturated rings. The maximum atomic E-state index is 9.90. The van der Waals surface area contributed by atoms with Crippen molar-refractivity contribution in [1.82, 2.24) is 19.4 Å². The molecule has 3 heterocycles. The molecule has 1 saturated heterocycles. The Morgan fingerprint density at radius 2 is 1.74 bits per heavy atom. The van der Waals surface area contributed by atoms with Crippen LogP contribution in [0.25, 0.3) is 22.2 Å². The molecule has 1 aliphatic heterocycles. The number of hydrogen-bond acceptors (Lipinski definition) is 5. The van der Waals surface area contributed by atoms with Crippen molar-refractivity contribution in [2.75, 3.05) is 20.1 Å². The van der Waals surface area contributed by atoms with Crippen molar-refractivity contribution in [1.29, 1.82) is 0 Å². The summed E-state index contributed by atoms with van der Waals surface area (Å²) in [5.41, 5.74) is 3.08. The van der Waals surface area contributed by atoms with E-state index in [9.17, 15) is 5.11 Å². The number of aliphatic hydroxyl groups is 1. The Hall–Kier alpha value is -2.15. The van der Waals surface area contributed by atoms with Crippen molar-refractivity contribution in [3.05, 3.63) is 41.9 Å². The fourth-order valence-corrected chi connectivity index (χ4v) is 4.99. The van der Waals surface area contributed by atoms with Gasteiger partial charge in [-0.25, -0.2) is 4.98 Å². The first-order valence-electron chi connectivity index (χ1n) is 11.2. The van der Waals surface area contributed by atoms with Crippen molar-refractivity contribution < 1.29 is 9.84 Å². The lowest BCUT2D eigenvalue weighted by Gasteiger charge is -2.29. The largest absolute Gasteiger partial charge is 0.490 e. The highest BCUT2D eigenvalue weighted by Gasteiger charge is 2.24. The number of benzene rings is 1. The smallest absolute Gasteiger partial charge is 0.224 e. The SMILES string of the molecule is CN1CCC(Oc2ccc(-c3cn(C4CCC(O)CC4)c4nc(Cl)ncc34)cc2)CC1. The number of ether oxygens (including phenoxy) is 1. The molecule has 3 aromatic rings. The minimum Gasteiger partial charge on any atom is -0.490 e. The van der Waals surface area contributed by atoms with Gasteiger partial charge >= 0.3 is 0 Å². The molecule has 1 aromatic carbocycles. The van der Waals surface area contributed by atoms with Crippen LogP contribution in [-0.4, -0.2) is 56.9 Å². The Kier molecular flexibility index (Phi) is 5.87. The predicted octanol–water partition coefficient (Wildman–Crippen LogP) is 4.70. The number of aliphatic hydroxyl groups excluding tert-OH is 1. The van der Waals surface area contributed by atoms with Crippen molar-refractivity contribution in [3.63, 3.8) is 0 Å². The maximum Gasteiger partial charge on any atom is 0.224 e. The highest BCUT2D eigenvalue weighted by atomic mass is 35.5. The zero-order valence-electron chi connectivity index (χ0n) is 17.9. The summed E-state index contributed by atoms with van der Waals surface area (Å²) in [4.78, 5) is 11.1. The maximum absolute atomic E-state index is 9.90. The number of aromatic nitrogens is 3. The van der Waals surface area contributed by atoms with Crippen molar-refractivity contribution >= 4 is 22.6 Å². The van der Waals surface area contributed by atoms with E-state index in [0.717, 1.165) is 79.5 Å². The fraction of sp³-hybridized carbons (Fsp3) is 0.500. The van der Waals surface area contributed by atoms with E-state index in [1.807, 2.05) is 6.20 Å². The molecule has 164 valence electrons. The molecule has 0 amide bonds. The van der Waals surface area contributed by atoms with Gasteiger partial charge in [-0.2, -0.15) is 4.98 Å². The van der Waals surface area contributed by atoms with E-state index in [2.05, 4.69) is 56.9 Å². The van der Waals surface area contributed by atoms with Crippen molar-refractivity contribution in [3.8, 4) is 16.9 Å². The van der Waals surface area contributed by atoms with Crippen LogP contribution in [0.4, 0.5) is 0 Å². The molecule has 0 unspecified atom stereocenters. The number of rotatable bonds is 4. The molecule has 2 aliphatic rings. The Balaban J connectivity index is 1.42. The highest BCUT2D eigenvalue weighted by molar-refractivity contribution is 6.28. The lowest BCUT2D eigenvalue weighted by atomic mass is 9.93. The van der Waals surface area contributed by atoms with Gasteiger partial charge in [-0.15, -0.1) is 0 Å². The third-order valence-electron chi connectivity index (χ3n) is 6.74. The van der Waals surface area contributed by atoms with Gasteiger partial charge < -0.3 is 19.3 Å². The molecule has 2 aromatic heterocycles. The molecule has 5 rings (SSSR count). The number of hydrogen-bond donors (Lipinski definition) is 1. The summed E-state index contributed by atoms with van der Waals surface area (Å²) in [5.74, 6) is 0.919. The summed E-state index contributed by atoms with van der Waals surface area (Å²) in [6.07, 6.45) is 9.75. The van der Waals surface area contributed by atoms with E-state index in [-0.39, 0.29) is 11.4 Å². The summed E-state index contributed by atoms with van der Waals surface area (Å²) in [6.45, 7) is 2.17. The fourth-order valence-electron chi connectivity index (χ4n) is 4.86. The molecular formula is C24H29ClN4O2. The average Bonchev–Trinajstić information content (AvgIpc) is 3.15. The van der Waals surface area contributed by atoms with E-state index >= 15 is 0 Å². The van der Waals surface area contributed by atoms with Gasteiger partial charge in [0.25, 0.3) is 0 Å². The Morgan fingerprint density at radius 1 is 1.03 bits per heavy atom. The van der Waals surface area contributed by atoms with E-state index in [0.29, 0.717) is 12.1 Å². The standard InChI is InChI=1S/C24H29ClN4O2/c1-28-12-10-20(11-13-28)31-19-8-2-16(3-9-19)22-15-29(17-4-6-18(30)7-5-17)23-21(22)14-26-24(25)27-23/h2-3,8-9,14-15,17-18,20,30H,4-7,10-13H2,1H3. The van der Waals surface area contributed by atoms with Gasteiger partial charge in [0.15, 0.2) is 0 Å². The summed E-state index contributed by atoms with van der Waals surface area (Å²) in [6, 6.07) is 8.66. The molecule has 7 heteroatoms.